The summed E-state index contributed by atoms with van der Waals surface area (Å²) in [5.74, 6) is -0.620. The molecule has 2 aromatic rings. The number of amides is 1. The number of cyclic esters (lactones) is 1. The number of hydrogen-bond donors (Lipinski definition) is 1. The summed E-state index contributed by atoms with van der Waals surface area (Å²) in [6.45, 7) is 3.57. The minimum absolute atomic E-state index is 0.207. The molecule has 140 valence electrons. The molecule has 0 bridgehead atoms. The van der Waals surface area contributed by atoms with Crippen LogP contribution < -0.4 is 5.32 Å². The average molecular weight is 364 g/mol. The molecule has 2 aliphatic heterocycles. The topological polar surface area (TPSA) is 58.6 Å². The second kappa shape index (κ2) is 7.92. The Morgan fingerprint density at radius 1 is 1.07 bits per heavy atom. The second-order valence-corrected chi connectivity index (χ2v) is 7.19. The predicted octanol–water partition coefficient (Wildman–Crippen LogP) is 2.33. The number of hydrogen-bond acceptors (Lipinski definition) is 4. The highest BCUT2D eigenvalue weighted by atomic mass is 16.5. The minimum atomic E-state index is -0.728. The maximum Gasteiger partial charge on any atom is 0.339 e. The molecular weight excluding hydrogens is 340 g/mol. The quantitative estimate of drug-likeness (QED) is 0.654. The smallest absolute Gasteiger partial charge is 0.339 e. The molecular formula is C22H24N2O3. The Morgan fingerprint density at radius 3 is 2.67 bits per heavy atom. The molecule has 1 N–H and O–H groups in total. The van der Waals surface area contributed by atoms with Crippen molar-refractivity contribution in [2.75, 3.05) is 19.6 Å². The maximum absolute atomic E-state index is 12.4. The van der Waals surface area contributed by atoms with E-state index in [1.807, 2.05) is 12.1 Å². The van der Waals surface area contributed by atoms with Crippen LogP contribution in [0.15, 0.2) is 48.5 Å². The van der Waals surface area contributed by atoms with Gasteiger partial charge in [0.05, 0.1) is 5.56 Å². The second-order valence-electron chi connectivity index (χ2n) is 7.19. The largest absolute Gasteiger partial charge is 0.448 e. The van der Waals surface area contributed by atoms with Crippen molar-refractivity contribution in [2.24, 2.45) is 0 Å². The molecule has 0 spiro atoms. The fourth-order valence-electron chi connectivity index (χ4n) is 3.85. The molecule has 0 aliphatic carbocycles. The van der Waals surface area contributed by atoms with Gasteiger partial charge in [0.2, 0.25) is 0 Å². The van der Waals surface area contributed by atoms with Gasteiger partial charge >= 0.3 is 5.97 Å². The average Bonchev–Trinajstić information content (AvgIpc) is 2.71. The summed E-state index contributed by atoms with van der Waals surface area (Å²) in [7, 11) is 0. The highest BCUT2D eigenvalue weighted by molar-refractivity contribution is 5.95. The third kappa shape index (κ3) is 4.03. The first-order valence-corrected chi connectivity index (χ1v) is 9.56. The van der Waals surface area contributed by atoms with Crippen LogP contribution in [0.5, 0.6) is 0 Å². The molecule has 2 aliphatic rings. The van der Waals surface area contributed by atoms with Crippen molar-refractivity contribution in [1.82, 2.24) is 10.2 Å². The van der Waals surface area contributed by atoms with Crippen LogP contribution in [0.2, 0.25) is 0 Å². The van der Waals surface area contributed by atoms with E-state index in [1.165, 1.54) is 11.1 Å². The van der Waals surface area contributed by atoms with Gasteiger partial charge in [-0.2, -0.15) is 0 Å². The molecule has 27 heavy (non-hydrogen) atoms. The number of rotatable bonds is 5. The van der Waals surface area contributed by atoms with Crippen LogP contribution in [0.4, 0.5) is 0 Å². The SMILES string of the molecule is O=C1OC(C(=O)NCCCN2CCc3ccccc3C2)Cc2ccccc21. The summed E-state index contributed by atoms with van der Waals surface area (Å²) >= 11 is 0. The zero-order valence-corrected chi connectivity index (χ0v) is 15.3. The van der Waals surface area contributed by atoms with Crippen molar-refractivity contribution in [3.63, 3.8) is 0 Å². The summed E-state index contributed by atoms with van der Waals surface area (Å²) in [5, 5.41) is 2.92. The van der Waals surface area contributed by atoms with E-state index in [-0.39, 0.29) is 5.91 Å². The molecule has 0 fully saturated rings. The van der Waals surface area contributed by atoms with E-state index in [2.05, 4.69) is 34.5 Å². The van der Waals surface area contributed by atoms with Gasteiger partial charge < -0.3 is 10.1 Å². The molecule has 2 heterocycles. The fraction of sp³-hybridized carbons (Fsp3) is 0.364. The number of carbonyl (C=O) groups is 2. The molecule has 1 atom stereocenters. The lowest BCUT2D eigenvalue weighted by Crippen LogP contribution is -2.42. The summed E-state index contributed by atoms with van der Waals surface area (Å²) in [6.07, 6.45) is 1.68. The van der Waals surface area contributed by atoms with Crippen molar-refractivity contribution in [1.29, 1.82) is 0 Å². The van der Waals surface area contributed by atoms with E-state index in [0.717, 1.165) is 38.0 Å². The third-order valence-corrected chi connectivity index (χ3v) is 5.34. The molecule has 5 heteroatoms. The van der Waals surface area contributed by atoms with Gasteiger partial charge in [-0.05, 0) is 35.6 Å². The van der Waals surface area contributed by atoms with Crippen molar-refractivity contribution in [3.8, 4) is 0 Å². The Balaban J connectivity index is 1.22. The van der Waals surface area contributed by atoms with Crippen LogP contribution in [0.25, 0.3) is 0 Å². The fourth-order valence-corrected chi connectivity index (χ4v) is 3.85. The lowest BCUT2D eigenvalue weighted by Gasteiger charge is -2.28. The van der Waals surface area contributed by atoms with Gasteiger partial charge in [0.25, 0.3) is 5.91 Å². The van der Waals surface area contributed by atoms with Gasteiger partial charge in [-0.3, -0.25) is 9.69 Å². The van der Waals surface area contributed by atoms with Gasteiger partial charge in [-0.15, -0.1) is 0 Å². The Bertz CT molecular complexity index is 849. The van der Waals surface area contributed by atoms with Gasteiger partial charge in [0.15, 0.2) is 6.10 Å². The van der Waals surface area contributed by atoms with E-state index < -0.39 is 12.1 Å². The Kier molecular flexibility index (Phi) is 5.21. The van der Waals surface area contributed by atoms with Gasteiger partial charge in [-0.1, -0.05) is 42.5 Å². The van der Waals surface area contributed by atoms with Crippen molar-refractivity contribution < 1.29 is 14.3 Å². The molecule has 1 amide bonds. The zero-order valence-electron chi connectivity index (χ0n) is 15.3. The molecule has 0 aromatic heterocycles. The Hall–Kier alpha value is -2.66. The molecule has 1 unspecified atom stereocenters. The summed E-state index contributed by atoms with van der Waals surface area (Å²) in [6, 6.07) is 15.9. The lowest BCUT2D eigenvalue weighted by atomic mass is 9.98. The van der Waals surface area contributed by atoms with E-state index in [9.17, 15) is 9.59 Å². The van der Waals surface area contributed by atoms with Crippen LogP contribution in [0.3, 0.4) is 0 Å². The molecule has 2 aromatic carbocycles. The highest BCUT2D eigenvalue weighted by Gasteiger charge is 2.30. The van der Waals surface area contributed by atoms with Crippen molar-refractivity contribution >= 4 is 11.9 Å². The summed E-state index contributed by atoms with van der Waals surface area (Å²) < 4.78 is 5.30. The van der Waals surface area contributed by atoms with E-state index in [0.29, 0.717) is 18.5 Å². The first-order valence-electron chi connectivity index (χ1n) is 9.56. The Labute approximate surface area is 159 Å². The number of carbonyl (C=O) groups excluding carboxylic acids is 2. The number of nitrogens with zero attached hydrogens (tertiary/aromatic N) is 1. The van der Waals surface area contributed by atoms with Crippen molar-refractivity contribution in [2.45, 2.75) is 31.9 Å². The maximum atomic E-state index is 12.4. The lowest BCUT2D eigenvalue weighted by molar-refractivity contribution is -0.130. The molecule has 0 saturated heterocycles. The van der Waals surface area contributed by atoms with E-state index >= 15 is 0 Å². The first-order chi connectivity index (χ1) is 13.2. The Morgan fingerprint density at radius 2 is 1.81 bits per heavy atom. The summed E-state index contributed by atoms with van der Waals surface area (Å²) in [4.78, 5) is 26.8. The predicted molar refractivity (Wildman–Crippen MR) is 102 cm³/mol. The van der Waals surface area contributed by atoms with Crippen LogP contribution in [0, 0.1) is 0 Å². The van der Waals surface area contributed by atoms with E-state index in [1.54, 1.807) is 12.1 Å². The normalized spacial score (nSPS) is 19.0. The number of nitrogens with one attached hydrogen (secondary N) is 1. The van der Waals surface area contributed by atoms with E-state index in [4.69, 9.17) is 4.74 Å². The van der Waals surface area contributed by atoms with Crippen LogP contribution in [-0.4, -0.2) is 42.5 Å². The van der Waals surface area contributed by atoms with Crippen LogP contribution in [-0.2, 0) is 28.9 Å². The molecule has 4 rings (SSSR count). The third-order valence-electron chi connectivity index (χ3n) is 5.34. The zero-order chi connectivity index (χ0) is 18.6. The van der Waals surface area contributed by atoms with Gasteiger partial charge in [0.1, 0.15) is 0 Å². The number of ether oxygens (including phenoxy) is 1. The standard InChI is InChI=1S/C22H24N2O3/c25-21(20-14-17-7-3-4-9-19(17)22(26)27-20)23-11-5-12-24-13-10-16-6-1-2-8-18(16)15-24/h1-4,6-9,20H,5,10-15H2,(H,23,25). The monoisotopic (exact) mass is 364 g/mol. The molecule has 0 radical (unpaired) electrons. The molecule has 5 nitrogen and oxygen atoms in total. The molecule has 0 saturated carbocycles. The number of benzene rings is 2. The highest BCUT2D eigenvalue weighted by Crippen LogP contribution is 2.21. The van der Waals surface area contributed by atoms with Gasteiger partial charge in [0, 0.05) is 32.6 Å². The minimum Gasteiger partial charge on any atom is -0.448 e. The van der Waals surface area contributed by atoms with Crippen LogP contribution in [0.1, 0.15) is 33.5 Å². The van der Waals surface area contributed by atoms with Crippen molar-refractivity contribution in [3.05, 3.63) is 70.8 Å². The number of esters is 1. The van der Waals surface area contributed by atoms with Gasteiger partial charge in [-0.25, -0.2) is 4.79 Å². The first kappa shape index (κ1) is 17.7. The number of fused-ring (bicyclic) bond motifs is 2. The van der Waals surface area contributed by atoms with Crippen LogP contribution >= 0.6 is 0 Å². The summed E-state index contributed by atoms with van der Waals surface area (Å²) in [5.41, 5.74) is 4.29.